The van der Waals surface area contributed by atoms with Crippen molar-refractivity contribution in [2.45, 2.75) is 12.8 Å². The number of carbonyl (C=O) groups is 1. The van der Waals surface area contributed by atoms with Crippen molar-refractivity contribution in [3.63, 3.8) is 0 Å². The van der Waals surface area contributed by atoms with Crippen molar-refractivity contribution in [1.82, 2.24) is 19.7 Å². The average Bonchev–Trinajstić information content (AvgIpc) is 3.16. The number of hydrogen-bond donors (Lipinski definition) is 1. The van der Waals surface area contributed by atoms with Gasteiger partial charge in [0.1, 0.15) is 23.5 Å². The van der Waals surface area contributed by atoms with Crippen LogP contribution in [0.3, 0.4) is 0 Å². The SMILES string of the molecule is COc1nn(C)cc1C(=O)Nc1cc(N2CCCC2)ncn1. The lowest BCUT2D eigenvalue weighted by Crippen LogP contribution is -2.20. The normalized spacial score (nSPS) is 14.2. The molecule has 116 valence electrons. The summed E-state index contributed by atoms with van der Waals surface area (Å²) in [7, 11) is 3.21. The Hall–Kier alpha value is -2.64. The molecule has 0 aliphatic carbocycles. The van der Waals surface area contributed by atoms with Gasteiger partial charge in [-0.1, -0.05) is 0 Å². The predicted octanol–water partition coefficient (Wildman–Crippen LogP) is 1.07. The summed E-state index contributed by atoms with van der Waals surface area (Å²) in [5.74, 6) is 1.28. The van der Waals surface area contributed by atoms with Crippen molar-refractivity contribution >= 4 is 17.5 Å². The van der Waals surface area contributed by atoms with Crippen LogP contribution < -0.4 is 15.0 Å². The summed E-state index contributed by atoms with van der Waals surface area (Å²) in [6, 6.07) is 1.78. The van der Waals surface area contributed by atoms with Crippen LogP contribution in [-0.4, -0.2) is 45.9 Å². The van der Waals surface area contributed by atoms with Gasteiger partial charge < -0.3 is 15.0 Å². The first-order chi connectivity index (χ1) is 10.7. The summed E-state index contributed by atoms with van der Waals surface area (Å²) < 4.78 is 6.63. The number of nitrogens with one attached hydrogen (secondary N) is 1. The summed E-state index contributed by atoms with van der Waals surface area (Å²) in [5, 5.41) is 6.83. The molecule has 8 nitrogen and oxygen atoms in total. The van der Waals surface area contributed by atoms with E-state index < -0.39 is 0 Å². The highest BCUT2D eigenvalue weighted by molar-refractivity contribution is 6.05. The lowest BCUT2D eigenvalue weighted by molar-refractivity contribution is 0.102. The average molecular weight is 302 g/mol. The Bertz CT molecular complexity index is 678. The van der Waals surface area contributed by atoms with Crippen molar-refractivity contribution in [2.75, 3.05) is 30.4 Å². The smallest absolute Gasteiger partial charge is 0.263 e. The first kappa shape index (κ1) is 14.3. The number of amides is 1. The van der Waals surface area contributed by atoms with E-state index in [0.29, 0.717) is 11.4 Å². The highest BCUT2D eigenvalue weighted by atomic mass is 16.5. The minimum Gasteiger partial charge on any atom is -0.479 e. The van der Waals surface area contributed by atoms with E-state index in [0.717, 1.165) is 18.9 Å². The van der Waals surface area contributed by atoms with Gasteiger partial charge in [-0.05, 0) is 12.8 Å². The van der Waals surface area contributed by atoms with Gasteiger partial charge in [-0.3, -0.25) is 9.48 Å². The van der Waals surface area contributed by atoms with Crippen molar-refractivity contribution in [2.24, 2.45) is 7.05 Å². The molecule has 0 spiro atoms. The Morgan fingerprint density at radius 3 is 2.82 bits per heavy atom. The molecule has 0 unspecified atom stereocenters. The van der Waals surface area contributed by atoms with E-state index >= 15 is 0 Å². The van der Waals surface area contributed by atoms with Crippen molar-refractivity contribution in [3.05, 3.63) is 24.2 Å². The number of aryl methyl sites for hydroxylation is 1. The lowest BCUT2D eigenvalue weighted by atomic mass is 10.3. The fourth-order valence-electron chi connectivity index (χ4n) is 2.49. The summed E-state index contributed by atoms with van der Waals surface area (Å²) >= 11 is 0. The van der Waals surface area contributed by atoms with Gasteiger partial charge in [0, 0.05) is 32.4 Å². The monoisotopic (exact) mass is 302 g/mol. The molecular weight excluding hydrogens is 284 g/mol. The molecule has 8 heteroatoms. The summed E-state index contributed by atoms with van der Waals surface area (Å²) in [6.07, 6.45) is 5.40. The number of rotatable bonds is 4. The second-order valence-electron chi connectivity index (χ2n) is 5.14. The maximum Gasteiger partial charge on any atom is 0.263 e. The molecule has 1 saturated heterocycles. The molecular formula is C14H18N6O2. The quantitative estimate of drug-likeness (QED) is 0.909. The van der Waals surface area contributed by atoms with E-state index in [2.05, 4.69) is 25.3 Å². The second-order valence-corrected chi connectivity index (χ2v) is 5.14. The Morgan fingerprint density at radius 2 is 2.09 bits per heavy atom. The molecule has 1 amide bonds. The first-order valence-corrected chi connectivity index (χ1v) is 7.13. The Labute approximate surface area is 128 Å². The zero-order valence-electron chi connectivity index (χ0n) is 12.6. The molecule has 3 rings (SSSR count). The molecule has 2 aromatic heterocycles. The van der Waals surface area contributed by atoms with Gasteiger partial charge in [0.2, 0.25) is 5.88 Å². The Morgan fingerprint density at radius 1 is 1.32 bits per heavy atom. The number of ether oxygens (including phenoxy) is 1. The zero-order chi connectivity index (χ0) is 15.5. The maximum absolute atomic E-state index is 12.3. The molecule has 1 fully saturated rings. The predicted molar refractivity (Wildman–Crippen MR) is 81.2 cm³/mol. The zero-order valence-corrected chi connectivity index (χ0v) is 12.6. The minimum atomic E-state index is -0.309. The van der Waals surface area contributed by atoms with E-state index in [-0.39, 0.29) is 11.8 Å². The summed E-state index contributed by atoms with van der Waals surface area (Å²) in [5.41, 5.74) is 0.367. The number of carbonyl (C=O) groups excluding carboxylic acids is 1. The van der Waals surface area contributed by atoms with Crippen LogP contribution in [0.4, 0.5) is 11.6 Å². The molecule has 0 radical (unpaired) electrons. The van der Waals surface area contributed by atoms with Gasteiger partial charge in [0.25, 0.3) is 5.91 Å². The van der Waals surface area contributed by atoms with Crippen LogP contribution in [0.15, 0.2) is 18.6 Å². The van der Waals surface area contributed by atoms with E-state index in [1.54, 1.807) is 19.3 Å². The fourth-order valence-corrected chi connectivity index (χ4v) is 2.49. The van der Waals surface area contributed by atoms with Crippen molar-refractivity contribution < 1.29 is 9.53 Å². The first-order valence-electron chi connectivity index (χ1n) is 7.13. The van der Waals surface area contributed by atoms with Gasteiger partial charge in [0.05, 0.1) is 7.11 Å². The highest BCUT2D eigenvalue weighted by Crippen LogP contribution is 2.21. The third-order valence-corrected chi connectivity index (χ3v) is 3.56. The number of nitrogens with zero attached hydrogens (tertiary/aromatic N) is 5. The highest BCUT2D eigenvalue weighted by Gasteiger charge is 2.18. The third kappa shape index (κ3) is 2.85. The number of aromatic nitrogens is 4. The standard InChI is InChI=1S/C14H18N6O2/c1-19-8-10(14(18-19)22-2)13(21)17-11-7-12(16-9-15-11)20-5-3-4-6-20/h7-9H,3-6H2,1-2H3,(H,15,16,17,21). The second kappa shape index (κ2) is 6.00. The van der Waals surface area contributed by atoms with E-state index in [9.17, 15) is 4.79 Å². The molecule has 0 atom stereocenters. The molecule has 3 heterocycles. The van der Waals surface area contributed by atoms with Gasteiger partial charge in [-0.15, -0.1) is 5.10 Å². The van der Waals surface area contributed by atoms with Gasteiger partial charge in [-0.25, -0.2) is 9.97 Å². The van der Waals surface area contributed by atoms with Crippen LogP contribution in [0, 0.1) is 0 Å². The summed E-state index contributed by atoms with van der Waals surface area (Å²) in [6.45, 7) is 1.97. The van der Waals surface area contributed by atoms with E-state index in [1.165, 1.54) is 31.0 Å². The Kier molecular flexibility index (Phi) is 3.90. The summed E-state index contributed by atoms with van der Waals surface area (Å²) in [4.78, 5) is 22.9. The van der Waals surface area contributed by atoms with E-state index in [4.69, 9.17) is 4.74 Å². The lowest BCUT2D eigenvalue weighted by Gasteiger charge is -2.16. The van der Waals surface area contributed by atoms with Gasteiger partial charge in [0.15, 0.2) is 0 Å². The topological polar surface area (TPSA) is 85.2 Å². The molecule has 0 saturated carbocycles. The van der Waals surface area contributed by atoms with Crippen molar-refractivity contribution in [3.8, 4) is 5.88 Å². The number of methoxy groups -OCH3 is 1. The third-order valence-electron chi connectivity index (χ3n) is 3.56. The van der Waals surface area contributed by atoms with E-state index in [1.807, 2.05) is 0 Å². The molecule has 0 bridgehead atoms. The molecule has 2 aromatic rings. The maximum atomic E-state index is 12.3. The van der Waals surface area contributed by atoms with Crippen LogP contribution in [-0.2, 0) is 7.05 Å². The Balaban J connectivity index is 1.77. The fraction of sp³-hybridized carbons (Fsp3) is 0.429. The molecule has 1 aliphatic heterocycles. The largest absolute Gasteiger partial charge is 0.479 e. The van der Waals surface area contributed by atoms with Crippen LogP contribution >= 0.6 is 0 Å². The molecule has 1 N–H and O–H groups in total. The van der Waals surface area contributed by atoms with Crippen LogP contribution in [0.25, 0.3) is 0 Å². The van der Waals surface area contributed by atoms with Crippen LogP contribution in [0.2, 0.25) is 0 Å². The molecule has 0 aromatic carbocycles. The molecule has 22 heavy (non-hydrogen) atoms. The minimum absolute atomic E-state index is 0.286. The van der Waals surface area contributed by atoms with Crippen molar-refractivity contribution in [1.29, 1.82) is 0 Å². The van der Waals surface area contributed by atoms with Crippen LogP contribution in [0.5, 0.6) is 5.88 Å². The molecule has 1 aliphatic rings. The number of hydrogen-bond acceptors (Lipinski definition) is 6. The van der Waals surface area contributed by atoms with Crippen LogP contribution in [0.1, 0.15) is 23.2 Å². The van der Waals surface area contributed by atoms with Gasteiger partial charge in [-0.2, -0.15) is 0 Å². The number of anilines is 2. The van der Waals surface area contributed by atoms with Gasteiger partial charge >= 0.3 is 0 Å².